The summed E-state index contributed by atoms with van der Waals surface area (Å²) < 4.78 is 5.11. The standard InChI is InChI=1S/C12H14N2O2S/c1-16-10-4-2-3-9(7-10)8-11(15)14-12-13-5-6-17-12/h2-4,7H,5-6,8H2,1H3,(H,13,14,15). The van der Waals surface area contributed by atoms with E-state index in [4.69, 9.17) is 4.74 Å². The monoisotopic (exact) mass is 250 g/mol. The lowest BCUT2D eigenvalue weighted by molar-refractivity contribution is -0.119. The number of carbonyl (C=O) groups is 1. The van der Waals surface area contributed by atoms with E-state index in [1.165, 1.54) is 0 Å². The van der Waals surface area contributed by atoms with Crippen molar-refractivity contribution in [3.8, 4) is 5.75 Å². The lowest BCUT2D eigenvalue weighted by atomic mass is 10.1. The fourth-order valence-corrected chi connectivity index (χ4v) is 2.29. The number of carbonyl (C=O) groups excluding carboxylic acids is 1. The SMILES string of the molecule is COc1cccc(CC(=O)NC2=NCCS2)c1. The number of rotatable bonds is 3. The van der Waals surface area contributed by atoms with Gasteiger partial charge in [-0.15, -0.1) is 0 Å². The van der Waals surface area contributed by atoms with Crippen LogP contribution >= 0.6 is 11.8 Å². The maximum absolute atomic E-state index is 11.7. The largest absolute Gasteiger partial charge is 0.497 e. The molecule has 90 valence electrons. The summed E-state index contributed by atoms with van der Waals surface area (Å²) in [4.78, 5) is 15.9. The number of ether oxygens (including phenoxy) is 1. The molecule has 5 heteroatoms. The van der Waals surface area contributed by atoms with Crippen molar-refractivity contribution in [2.75, 3.05) is 19.4 Å². The van der Waals surface area contributed by atoms with Crippen molar-refractivity contribution in [1.29, 1.82) is 0 Å². The highest BCUT2D eigenvalue weighted by Crippen LogP contribution is 2.13. The first-order valence-electron chi connectivity index (χ1n) is 5.38. The van der Waals surface area contributed by atoms with Gasteiger partial charge in [-0.1, -0.05) is 23.9 Å². The van der Waals surface area contributed by atoms with Gasteiger partial charge in [-0.25, -0.2) is 0 Å². The van der Waals surface area contributed by atoms with Crippen LogP contribution in [0.15, 0.2) is 29.3 Å². The Labute approximate surface area is 104 Å². The van der Waals surface area contributed by atoms with Crippen LogP contribution in [0.3, 0.4) is 0 Å². The number of hydrogen-bond donors (Lipinski definition) is 1. The highest BCUT2D eigenvalue weighted by Gasteiger charge is 2.11. The molecule has 0 atom stereocenters. The van der Waals surface area contributed by atoms with E-state index in [0.29, 0.717) is 6.42 Å². The molecule has 1 amide bonds. The van der Waals surface area contributed by atoms with Crippen LogP contribution in [0.4, 0.5) is 0 Å². The number of thioether (sulfide) groups is 1. The van der Waals surface area contributed by atoms with Crippen molar-refractivity contribution in [2.24, 2.45) is 4.99 Å². The minimum Gasteiger partial charge on any atom is -0.497 e. The molecule has 0 saturated heterocycles. The fourth-order valence-electron chi connectivity index (χ4n) is 1.54. The van der Waals surface area contributed by atoms with E-state index in [2.05, 4.69) is 10.3 Å². The molecule has 17 heavy (non-hydrogen) atoms. The van der Waals surface area contributed by atoms with Crippen LogP contribution in [0, 0.1) is 0 Å². The molecule has 0 fully saturated rings. The molecule has 1 aliphatic heterocycles. The summed E-state index contributed by atoms with van der Waals surface area (Å²) in [6, 6.07) is 7.51. The van der Waals surface area contributed by atoms with Crippen LogP contribution in [0.2, 0.25) is 0 Å². The first-order valence-corrected chi connectivity index (χ1v) is 6.36. The van der Waals surface area contributed by atoms with Crippen LogP contribution in [-0.2, 0) is 11.2 Å². The molecule has 1 heterocycles. The molecule has 0 bridgehead atoms. The number of amides is 1. The Bertz CT molecular complexity index is 446. The van der Waals surface area contributed by atoms with Crippen molar-refractivity contribution >= 4 is 22.8 Å². The zero-order valence-corrected chi connectivity index (χ0v) is 10.4. The van der Waals surface area contributed by atoms with Crippen LogP contribution < -0.4 is 10.1 Å². The second-order valence-electron chi connectivity index (χ2n) is 3.61. The number of hydrogen-bond acceptors (Lipinski definition) is 4. The Kier molecular flexibility index (Phi) is 4.03. The van der Waals surface area contributed by atoms with Gasteiger partial charge < -0.3 is 10.1 Å². The highest BCUT2D eigenvalue weighted by molar-refractivity contribution is 8.14. The van der Waals surface area contributed by atoms with Gasteiger partial charge in [-0.2, -0.15) is 0 Å². The maximum atomic E-state index is 11.7. The zero-order chi connectivity index (χ0) is 12.1. The van der Waals surface area contributed by atoms with Crippen molar-refractivity contribution in [2.45, 2.75) is 6.42 Å². The number of methoxy groups -OCH3 is 1. The van der Waals surface area contributed by atoms with E-state index in [-0.39, 0.29) is 5.91 Å². The summed E-state index contributed by atoms with van der Waals surface area (Å²) in [6.45, 7) is 0.791. The lowest BCUT2D eigenvalue weighted by Crippen LogP contribution is -2.28. The molecule has 2 rings (SSSR count). The predicted molar refractivity (Wildman–Crippen MR) is 69.6 cm³/mol. The van der Waals surface area contributed by atoms with E-state index in [9.17, 15) is 4.79 Å². The van der Waals surface area contributed by atoms with Crippen molar-refractivity contribution < 1.29 is 9.53 Å². The number of aliphatic imine (C=N–C) groups is 1. The average molecular weight is 250 g/mol. The van der Waals surface area contributed by atoms with Crippen LogP contribution in [0.25, 0.3) is 0 Å². The minimum absolute atomic E-state index is 0.0357. The number of nitrogens with one attached hydrogen (secondary N) is 1. The second-order valence-corrected chi connectivity index (χ2v) is 4.70. The Morgan fingerprint density at radius 1 is 1.59 bits per heavy atom. The summed E-state index contributed by atoms with van der Waals surface area (Å²) in [7, 11) is 1.61. The summed E-state index contributed by atoms with van der Waals surface area (Å²) in [5.74, 6) is 1.68. The first kappa shape index (κ1) is 12.0. The number of benzene rings is 1. The molecule has 0 aliphatic carbocycles. The van der Waals surface area contributed by atoms with E-state index >= 15 is 0 Å². The van der Waals surface area contributed by atoms with Gasteiger partial charge in [0.1, 0.15) is 5.75 Å². The van der Waals surface area contributed by atoms with E-state index < -0.39 is 0 Å². The van der Waals surface area contributed by atoms with E-state index in [1.807, 2.05) is 24.3 Å². The van der Waals surface area contributed by atoms with Gasteiger partial charge in [0.2, 0.25) is 5.91 Å². The molecule has 1 aliphatic rings. The topological polar surface area (TPSA) is 50.7 Å². The molecular formula is C12H14N2O2S. The predicted octanol–water partition coefficient (Wildman–Crippen LogP) is 1.46. The third-order valence-electron chi connectivity index (χ3n) is 2.33. The van der Waals surface area contributed by atoms with Crippen LogP contribution in [-0.4, -0.2) is 30.5 Å². The fraction of sp³-hybridized carbons (Fsp3) is 0.333. The molecule has 0 aromatic heterocycles. The normalized spacial score (nSPS) is 14.3. The van der Waals surface area contributed by atoms with Gasteiger partial charge in [0.15, 0.2) is 5.17 Å². The van der Waals surface area contributed by atoms with Gasteiger partial charge in [-0.05, 0) is 17.7 Å². The summed E-state index contributed by atoms with van der Waals surface area (Å²) in [5, 5.41) is 3.53. The third kappa shape index (κ3) is 3.49. The van der Waals surface area contributed by atoms with Crippen molar-refractivity contribution in [1.82, 2.24) is 5.32 Å². The quantitative estimate of drug-likeness (QED) is 0.883. The van der Waals surface area contributed by atoms with Crippen molar-refractivity contribution in [3.05, 3.63) is 29.8 Å². The van der Waals surface area contributed by atoms with Gasteiger partial charge >= 0.3 is 0 Å². The van der Waals surface area contributed by atoms with Gasteiger partial charge in [0.05, 0.1) is 20.1 Å². The second kappa shape index (κ2) is 5.72. The van der Waals surface area contributed by atoms with Gasteiger partial charge in [0.25, 0.3) is 0 Å². The number of amidine groups is 1. The van der Waals surface area contributed by atoms with Gasteiger partial charge in [0, 0.05) is 5.75 Å². The Balaban J connectivity index is 1.92. The molecule has 0 saturated carbocycles. The number of nitrogens with zero attached hydrogens (tertiary/aromatic N) is 1. The summed E-state index contributed by atoms with van der Waals surface area (Å²) in [5.41, 5.74) is 0.936. The highest BCUT2D eigenvalue weighted by atomic mass is 32.2. The van der Waals surface area contributed by atoms with Crippen molar-refractivity contribution in [3.63, 3.8) is 0 Å². The van der Waals surface area contributed by atoms with Gasteiger partial charge in [-0.3, -0.25) is 9.79 Å². The van der Waals surface area contributed by atoms with Crippen LogP contribution in [0.1, 0.15) is 5.56 Å². The minimum atomic E-state index is -0.0357. The molecule has 0 unspecified atom stereocenters. The Hall–Kier alpha value is -1.49. The molecule has 4 nitrogen and oxygen atoms in total. The average Bonchev–Trinajstić information content (AvgIpc) is 2.82. The molecule has 1 N–H and O–H groups in total. The summed E-state index contributed by atoms with van der Waals surface area (Å²) in [6.07, 6.45) is 0.344. The zero-order valence-electron chi connectivity index (χ0n) is 9.60. The smallest absolute Gasteiger partial charge is 0.230 e. The van der Waals surface area contributed by atoms with E-state index in [0.717, 1.165) is 28.8 Å². The Morgan fingerprint density at radius 2 is 2.47 bits per heavy atom. The third-order valence-corrected chi connectivity index (χ3v) is 3.22. The maximum Gasteiger partial charge on any atom is 0.230 e. The molecule has 1 aromatic carbocycles. The molecular weight excluding hydrogens is 236 g/mol. The van der Waals surface area contributed by atoms with Crippen LogP contribution in [0.5, 0.6) is 5.75 Å². The Morgan fingerprint density at radius 3 is 3.18 bits per heavy atom. The molecule has 0 spiro atoms. The molecule has 1 aromatic rings. The lowest BCUT2D eigenvalue weighted by Gasteiger charge is -2.05. The first-order chi connectivity index (χ1) is 8.28. The molecule has 0 radical (unpaired) electrons. The van der Waals surface area contributed by atoms with E-state index in [1.54, 1.807) is 18.9 Å². The summed E-state index contributed by atoms with van der Waals surface area (Å²) >= 11 is 1.58.